The van der Waals surface area contributed by atoms with Crippen molar-refractivity contribution < 1.29 is 9.78 Å². The van der Waals surface area contributed by atoms with E-state index in [0.717, 1.165) is 5.56 Å². The van der Waals surface area contributed by atoms with Crippen molar-refractivity contribution in [3.05, 3.63) is 29.8 Å². The first-order valence-electron chi connectivity index (χ1n) is 3.29. The van der Waals surface area contributed by atoms with Gasteiger partial charge in [0.05, 0.1) is 0 Å². The second-order valence-corrected chi connectivity index (χ2v) is 3.16. The number of thiocarbonyl (C=S) groups is 1. The van der Waals surface area contributed by atoms with Crippen LogP contribution in [0.15, 0.2) is 24.3 Å². The van der Waals surface area contributed by atoms with Crippen LogP contribution < -0.4 is 4.89 Å². The Morgan fingerprint density at radius 1 is 1.33 bits per heavy atom. The summed E-state index contributed by atoms with van der Waals surface area (Å²) in [7, 11) is 0. The largest absolute Gasteiger partial charge is 0.310 e. The summed E-state index contributed by atoms with van der Waals surface area (Å²) >= 11 is 9.68. The number of aryl methyl sites for hydroxylation is 1. The molecule has 64 valence electrons. The fourth-order valence-electron chi connectivity index (χ4n) is 0.675. The summed E-state index contributed by atoms with van der Waals surface area (Å²) in [6.45, 7) is 1.98. The van der Waals surface area contributed by atoms with Crippen LogP contribution in [0.4, 0.5) is 0 Å². The Morgan fingerprint density at radius 3 is 2.42 bits per heavy atom. The lowest BCUT2D eigenvalue weighted by atomic mass is 10.2. The summed E-state index contributed by atoms with van der Waals surface area (Å²) in [5.74, 6) is 0.573. The molecule has 0 aromatic heterocycles. The van der Waals surface area contributed by atoms with E-state index in [-0.39, 0.29) is 4.51 Å². The Kier molecular flexibility index (Phi) is 3.31. The van der Waals surface area contributed by atoms with E-state index < -0.39 is 0 Å². The molecule has 2 nitrogen and oxygen atoms in total. The Morgan fingerprint density at radius 2 is 1.92 bits per heavy atom. The number of rotatable bonds is 2. The lowest BCUT2D eigenvalue weighted by molar-refractivity contribution is -0.109. The highest BCUT2D eigenvalue weighted by molar-refractivity contribution is 7.82. The van der Waals surface area contributed by atoms with E-state index >= 15 is 0 Å². The summed E-state index contributed by atoms with van der Waals surface area (Å²) in [6, 6.07) is 7.33. The van der Waals surface area contributed by atoms with Crippen LogP contribution in [0.3, 0.4) is 0 Å². The molecule has 0 aliphatic heterocycles. The van der Waals surface area contributed by atoms with E-state index in [9.17, 15) is 0 Å². The predicted molar refractivity (Wildman–Crippen MR) is 51.3 cm³/mol. The van der Waals surface area contributed by atoms with Crippen molar-refractivity contribution in [2.75, 3.05) is 0 Å². The molecule has 0 atom stereocenters. The van der Waals surface area contributed by atoms with Crippen LogP contribution in [-0.2, 0) is 4.89 Å². The van der Waals surface area contributed by atoms with Crippen LogP contribution in [0.2, 0.25) is 0 Å². The molecule has 0 fully saturated rings. The molecule has 0 unspecified atom stereocenters. The zero-order chi connectivity index (χ0) is 8.97. The number of hydrogen-bond acceptors (Lipinski definition) is 3. The fraction of sp³-hybridized carbons (Fsp3) is 0.125. The quantitative estimate of drug-likeness (QED) is 0.318. The molecule has 0 bridgehead atoms. The van der Waals surface area contributed by atoms with E-state index in [1.807, 2.05) is 19.1 Å². The molecule has 0 N–H and O–H groups in total. The SMILES string of the molecule is Cc1ccc(OOC(=S)Cl)cc1. The first kappa shape index (κ1) is 9.29. The molecule has 1 rings (SSSR count). The monoisotopic (exact) mass is 202 g/mol. The Hall–Kier alpha value is -0.800. The third-order valence-corrected chi connectivity index (χ3v) is 1.36. The topological polar surface area (TPSA) is 18.5 Å². The highest BCUT2D eigenvalue weighted by Gasteiger charge is 1.95. The molecule has 12 heavy (non-hydrogen) atoms. The van der Waals surface area contributed by atoms with Gasteiger partial charge in [-0.1, -0.05) is 17.7 Å². The molecule has 0 radical (unpaired) electrons. The first-order chi connectivity index (χ1) is 5.68. The maximum absolute atomic E-state index is 5.24. The summed E-state index contributed by atoms with van der Waals surface area (Å²) in [5.41, 5.74) is 1.15. The molecule has 1 aromatic rings. The van der Waals surface area contributed by atoms with Gasteiger partial charge in [-0.2, -0.15) is 0 Å². The van der Waals surface area contributed by atoms with Crippen molar-refractivity contribution in [2.24, 2.45) is 0 Å². The predicted octanol–water partition coefficient (Wildman–Crippen LogP) is 2.83. The second-order valence-electron chi connectivity index (χ2n) is 2.22. The van der Waals surface area contributed by atoms with Crippen LogP contribution in [0.25, 0.3) is 0 Å². The fourth-order valence-corrected chi connectivity index (χ4v) is 0.740. The molecule has 0 spiro atoms. The summed E-state index contributed by atoms with van der Waals surface area (Å²) < 4.78 is -0.157. The van der Waals surface area contributed by atoms with E-state index in [1.54, 1.807) is 12.1 Å². The van der Waals surface area contributed by atoms with Gasteiger partial charge in [0, 0.05) is 0 Å². The third-order valence-electron chi connectivity index (χ3n) is 1.22. The molecule has 4 heteroatoms. The van der Waals surface area contributed by atoms with Crippen LogP contribution in [0.5, 0.6) is 5.75 Å². The minimum Gasteiger partial charge on any atom is -0.288 e. The van der Waals surface area contributed by atoms with Gasteiger partial charge in [0.25, 0.3) is 0 Å². The number of benzene rings is 1. The van der Waals surface area contributed by atoms with Crippen molar-refractivity contribution in [3.63, 3.8) is 0 Å². The normalized spacial score (nSPS) is 9.17. The van der Waals surface area contributed by atoms with Crippen LogP contribution in [0, 0.1) is 6.92 Å². The number of halogens is 1. The van der Waals surface area contributed by atoms with Gasteiger partial charge >= 0.3 is 4.51 Å². The van der Waals surface area contributed by atoms with Gasteiger partial charge in [-0.25, -0.2) is 0 Å². The standard InChI is InChI=1S/C8H7ClO2S/c1-6-2-4-7(5-3-6)10-11-8(9)12/h2-5H,1H3. The molecule has 1 aromatic carbocycles. The zero-order valence-corrected chi connectivity index (χ0v) is 7.98. The van der Waals surface area contributed by atoms with Crippen molar-refractivity contribution in [1.82, 2.24) is 0 Å². The van der Waals surface area contributed by atoms with Crippen molar-refractivity contribution in [2.45, 2.75) is 6.92 Å². The van der Waals surface area contributed by atoms with Gasteiger partial charge in [-0.05, 0) is 42.9 Å². The van der Waals surface area contributed by atoms with E-state index in [0.29, 0.717) is 5.75 Å². The zero-order valence-electron chi connectivity index (χ0n) is 6.41. The van der Waals surface area contributed by atoms with Crippen LogP contribution in [0.1, 0.15) is 5.56 Å². The minimum atomic E-state index is -0.157. The van der Waals surface area contributed by atoms with Gasteiger partial charge in [0.15, 0.2) is 5.75 Å². The van der Waals surface area contributed by atoms with Gasteiger partial charge < -0.3 is 0 Å². The van der Waals surface area contributed by atoms with Crippen LogP contribution in [-0.4, -0.2) is 4.51 Å². The highest BCUT2D eigenvalue weighted by Crippen LogP contribution is 2.11. The molecular weight excluding hydrogens is 196 g/mol. The maximum Gasteiger partial charge on any atom is 0.310 e. The van der Waals surface area contributed by atoms with Gasteiger partial charge in [-0.15, -0.1) is 0 Å². The molecule has 0 heterocycles. The van der Waals surface area contributed by atoms with Crippen molar-refractivity contribution in [1.29, 1.82) is 0 Å². The Balaban J connectivity index is 2.53. The molecule has 0 aliphatic carbocycles. The van der Waals surface area contributed by atoms with Crippen LogP contribution >= 0.6 is 23.8 Å². The van der Waals surface area contributed by atoms with E-state index in [2.05, 4.69) is 17.1 Å². The van der Waals surface area contributed by atoms with Gasteiger partial charge in [0.2, 0.25) is 0 Å². The summed E-state index contributed by atoms with van der Waals surface area (Å²) in [4.78, 5) is 9.21. The lowest BCUT2D eigenvalue weighted by Gasteiger charge is -2.01. The van der Waals surface area contributed by atoms with E-state index in [1.165, 1.54) is 0 Å². The van der Waals surface area contributed by atoms with E-state index in [4.69, 9.17) is 16.5 Å². The van der Waals surface area contributed by atoms with Gasteiger partial charge in [-0.3, -0.25) is 9.78 Å². The molecule has 0 amide bonds. The van der Waals surface area contributed by atoms with Gasteiger partial charge in [0.1, 0.15) is 0 Å². The lowest BCUT2D eigenvalue weighted by Crippen LogP contribution is -1.98. The molecule has 0 saturated carbocycles. The second kappa shape index (κ2) is 4.28. The Bertz CT molecular complexity index is 271. The molecular formula is C8H7ClO2S. The Labute approximate surface area is 81.0 Å². The maximum atomic E-state index is 5.24. The summed E-state index contributed by atoms with van der Waals surface area (Å²) in [5, 5.41) is 0. The molecule has 0 saturated heterocycles. The highest BCUT2D eigenvalue weighted by atomic mass is 35.5. The average molecular weight is 203 g/mol. The third kappa shape index (κ3) is 3.07. The average Bonchev–Trinajstić information content (AvgIpc) is 2.03. The number of hydrogen-bond donors (Lipinski definition) is 0. The molecule has 0 aliphatic rings. The smallest absolute Gasteiger partial charge is 0.288 e. The first-order valence-corrected chi connectivity index (χ1v) is 4.08. The van der Waals surface area contributed by atoms with Crippen molar-refractivity contribution >= 4 is 28.3 Å². The van der Waals surface area contributed by atoms with Crippen molar-refractivity contribution in [3.8, 4) is 5.75 Å². The minimum absolute atomic E-state index is 0.157. The summed E-state index contributed by atoms with van der Waals surface area (Å²) in [6.07, 6.45) is 0.